The lowest BCUT2D eigenvalue weighted by Crippen LogP contribution is -2.41. The number of hydrogen-bond acceptors (Lipinski definition) is 5. The second-order valence-electron chi connectivity index (χ2n) is 6.59. The van der Waals surface area contributed by atoms with Crippen molar-refractivity contribution in [2.45, 2.75) is 38.9 Å². The maximum atomic E-state index is 6.08. The topological polar surface area (TPSA) is 57.4 Å². The molecular formula is C16H21BN2O2S. The van der Waals surface area contributed by atoms with Crippen LogP contribution in [0.3, 0.4) is 0 Å². The molecule has 3 rings (SSSR count). The first-order chi connectivity index (χ1) is 10.3. The molecule has 1 aromatic carbocycles. The van der Waals surface area contributed by atoms with Gasteiger partial charge in [0.2, 0.25) is 0 Å². The summed E-state index contributed by atoms with van der Waals surface area (Å²) >= 11 is 1.64. The summed E-state index contributed by atoms with van der Waals surface area (Å²) in [5, 5.41) is 0. The molecule has 2 N–H and O–H groups in total. The average Bonchev–Trinajstić information content (AvgIpc) is 2.98. The molecule has 2 heterocycles. The van der Waals surface area contributed by atoms with E-state index in [2.05, 4.69) is 23.2 Å². The van der Waals surface area contributed by atoms with E-state index in [-0.39, 0.29) is 11.2 Å². The van der Waals surface area contributed by atoms with Crippen LogP contribution < -0.4 is 5.73 Å². The molecule has 1 aliphatic heterocycles. The Morgan fingerprint density at radius 2 is 1.95 bits per heavy atom. The molecule has 0 aliphatic carbocycles. The van der Waals surface area contributed by atoms with Crippen molar-refractivity contribution < 1.29 is 9.31 Å². The van der Waals surface area contributed by atoms with E-state index in [4.69, 9.17) is 15.0 Å². The van der Waals surface area contributed by atoms with Gasteiger partial charge in [-0.15, -0.1) is 11.3 Å². The summed E-state index contributed by atoms with van der Waals surface area (Å²) in [6, 6.07) is 6.21. The average molecular weight is 316 g/mol. The van der Waals surface area contributed by atoms with Gasteiger partial charge in [0.1, 0.15) is 0 Å². The fraction of sp³-hybridized carbons (Fsp3) is 0.438. The zero-order valence-electron chi connectivity index (χ0n) is 13.4. The Bertz CT molecular complexity index is 708. The Balaban J connectivity index is 1.90. The third-order valence-corrected chi connectivity index (χ3v) is 5.31. The van der Waals surface area contributed by atoms with E-state index in [1.54, 1.807) is 11.3 Å². The summed E-state index contributed by atoms with van der Waals surface area (Å²) in [4.78, 5) is 4.35. The minimum absolute atomic E-state index is 0.356. The largest absolute Gasteiger partial charge is 0.491 e. The van der Waals surface area contributed by atoms with Crippen molar-refractivity contribution in [3.8, 4) is 0 Å². The van der Waals surface area contributed by atoms with Crippen molar-refractivity contribution in [2.75, 3.05) is 6.54 Å². The molecule has 6 heteroatoms. The Labute approximate surface area is 135 Å². The van der Waals surface area contributed by atoms with Gasteiger partial charge in [-0.3, -0.25) is 0 Å². The van der Waals surface area contributed by atoms with Gasteiger partial charge in [0, 0.05) is 6.54 Å². The molecule has 1 saturated heterocycles. The van der Waals surface area contributed by atoms with Gasteiger partial charge >= 0.3 is 7.12 Å². The van der Waals surface area contributed by atoms with Crippen LogP contribution in [0.2, 0.25) is 0 Å². The van der Waals surface area contributed by atoms with E-state index >= 15 is 0 Å². The van der Waals surface area contributed by atoms with Crippen LogP contribution in [-0.4, -0.2) is 29.8 Å². The lowest BCUT2D eigenvalue weighted by molar-refractivity contribution is 0.00578. The van der Waals surface area contributed by atoms with Crippen LogP contribution in [-0.2, 0) is 9.31 Å². The van der Waals surface area contributed by atoms with Crippen LogP contribution in [0.1, 0.15) is 33.3 Å². The molecule has 0 spiro atoms. The van der Waals surface area contributed by atoms with Gasteiger partial charge in [-0.1, -0.05) is 12.1 Å². The number of hydrogen-bond donors (Lipinski definition) is 1. The summed E-state index contributed by atoms with van der Waals surface area (Å²) in [5.41, 5.74) is 10.1. The molecule has 0 bridgehead atoms. The number of fused-ring (bicyclic) bond motifs is 1. The van der Waals surface area contributed by atoms with Gasteiger partial charge in [-0.2, -0.15) is 0 Å². The molecule has 0 saturated carbocycles. The van der Waals surface area contributed by atoms with Gasteiger partial charge in [0.15, 0.2) is 0 Å². The van der Waals surface area contributed by atoms with E-state index in [0.29, 0.717) is 6.54 Å². The Morgan fingerprint density at radius 1 is 1.27 bits per heavy atom. The monoisotopic (exact) mass is 316 g/mol. The first-order valence-corrected chi connectivity index (χ1v) is 8.30. The highest BCUT2D eigenvalue weighted by Gasteiger charge is 2.52. The van der Waals surface area contributed by atoms with E-state index in [9.17, 15) is 0 Å². The first kappa shape index (κ1) is 15.7. The fourth-order valence-electron chi connectivity index (χ4n) is 2.40. The standard InChI is InChI=1S/C16H21BN2O2S/c1-15(2)16(3,4)21-17(20-15)12(9-18)7-11-5-6-14-13(8-11)19-10-22-14/h5-8,10H,9,18H2,1-4H3. The minimum Gasteiger partial charge on any atom is -0.400 e. The third kappa shape index (κ3) is 2.72. The first-order valence-electron chi connectivity index (χ1n) is 7.42. The SMILES string of the molecule is CC1(C)OB(C(=Cc2ccc3scnc3c2)CN)OC1(C)C. The molecule has 2 aromatic rings. The summed E-state index contributed by atoms with van der Waals surface area (Å²) < 4.78 is 13.3. The lowest BCUT2D eigenvalue weighted by atomic mass is 9.77. The minimum atomic E-state index is -0.402. The summed E-state index contributed by atoms with van der Waals surface area (Å²) in [7, 11) is -0.402. The van der Waals surface area contributed by atoms with Crippen LogP contribution in [0.15, 0.2) is 29.2 Å². The molecule has 22 heavy (non-hydrogen) atoms. The predicted molar refractivity (Wildman–Crippen MR) is 92.7 cm³/mol. The smallest absolute Gasteiger partial charge is 0.400 e. The predicted octanol–water partition coefficient (Wildman–Crippen LogP) is 3.27. The van der Waals surface area contributed by atoms with Crippen molar-refractivity contribution in [2.24, 2.45) is 5.73 Å². The van der Waals surface area contributed by atoms with Crippen molar-refractivity contribution >= 4 is 34.7 Å². The normalized spacial score (nSPS) is 20.8. The zero-order chi connectivity index (χ0) is 16.0. The van der Waals surface area contributed by atoms with Crippen LogP contribution in [0.25, 0.3) is 16.3 Å². The fourth-order valence-corrected chi connectivity index (χ4v) is 3.06. The van der Waals surface area contributed by atoms with Gasteiger partial charge in [-0.25, -0.2) is 4.98 Å². The molecule has 0 radical (unpaired) electrons. The highest BCUT2D eigenvalue weighted by Crippen LogP contribution is 2.38. The number of nitrogens with zero attached hydrogens (tertiary/aromatic N) is 1. The maximum Gasteiger partial charge on any atom is 0.491 e. The molecule has 4 nitrogen and oxygen atoms in total. The van der Waals surface area contributed by atoms with Gasteiger partial charge in [0.05, 0.1) is 26.9 Å². The number of nitrogens with two attached hydrogens (primary N) is 1. The number of aromatic nitrogens is 1. The van der Waals surface area contributed by atoms with E-state index < -0.39 is 7.12 Å². The Kier molecular flexibility index (Phi) is 3.89. The highest BCUT2D eigenvalue weighted by molar-refractivity contribution is 7.16. The van der Waals surface area contributed by atoms with Crippen molar-refractivity contribution in [1.29, 1.82) is 0 Å². The summed E-state index contributed by atoms with van der Waals surface area (Å²) in [5.74, 6) is 0. The lowest BCUT2D eigenvalue weighted by Gasteiger charge is -2.32. The second kappa shape index (κ2) is 5.46. The maximum absolute atomic E-state index is 6.08. The van der Waals surface area contributed by atoms with E-state index in [0.717, 1.165) is 16.6 Å². The number of thiazole rings is 1. The quantitative estimate of drug-likeness (QED) is 0.883. The molecule has 1 aromatic heterocycles. The number of rotatable bonds is 3. The van der Waals surface area contributed by atoms with E-state index in [1.807, 2.05) is 39.3 Å². The van der Waals surface area contributed by atoms with Crippen LogP contribution in [0, 0.1) is 0 Å². The molecule has 1 fully saturated rings. The zero-order valence-corrected chi connectivity index (χ0v) is 14.2. The molecular weight excluding hydrogens is 295 g/mol. The van der Waals surface area contributed by atoms with Crippen molar-refractivity contribution in [3.05, 3.63) is 34.7 Å². The molecule has 0 amide bonds. The van der Waals surface area contributed by atoms with Crippen molar-refractivity contribution in [3.63, 3.8) is 0 Å². The van der Waals surface area contributed by atoms with Gasteiger partial charge < -0.3 is 15.0 Å². The second-order valence-corrected chi connectivity index (χ2v) is 7.48. The van der Waals surface area contributed by atoms with Crippen LogP contribution in [0.5, 0.6) is 0 Å². The van der Waals surface area contributed by atoms with Crippen molar-refractivity contribution in [1.82, 2.24) is 4.98 Å². The Morgan fingerprint density at radius 3 is 2.59 bits per heavy atom. The molecule has 1 aliphatic rings. The molecule has 116 valence electrons. The number of benzene rings is 1. The Hall–Kier alpha value is -1.21. The van der Waals surface area contributed by atoms with Crippen LogP contribution >= 0.6 is 11.3 Å². The molecule has 0 unspecified atom stereocenters. The summed E-state index contributed by atoms with van der Waals surface area (Å²) in [6.07, 6.45) is 2.04. The van der Waals surface area contributed by atoms with Gasteiger partial charge in [-0.05, 0) is 50.9 Å². The van der Waals surface area contributed by atoms with E-state index in [1.165, 1.54) is 4.70 Å². The highest BCUT2D eigenvalue weighted by atomic mass is 32.1. The van der Waals surface area contributed by atoms with Gasteiger partial charge in [0.25, 0.3) is 0 Å². The summed E-state index contributed by atoms with van der Waals surface area (Å²) in [6.45, 7) is 8.57. The van der Waals surface area contributed by atoms with Crippen LogP contribution in [0.4, 0.5) is 0 Å². The molecule has 0 atom stereocenters. The third-order valence-electron chi connectivity index (χ3n) is 4.50.